The first-order valence-corrected chi connectivity index (χ1v) is 35.6. The van der Waals surface area contributed by atoms with E-state index >= 15 is 0 Å². The van der Waals surface area contributed by atoms with Gasteiger partial charge in [-0.2, -0.15) is 15.8 Å². The molecule has 4 aromatic heterocycles. The maximum atomic E-state index is 10.2. The van der Waals surface area contributed by atoms with E-state index in [-0.39, 0.29) is 5.41 Å². The van der Waals surface area contributed by atoms with Crippen LogP contribution < -0.4 is 5.73 Å². The maximum absolute atomic E-state index is 10.2. The molecule has 2 saturated carbocycles. The van der Waals surface area contributed by atoms with Crippen LogP contribution in [0.15, 0.2) is 323 Å². The first-order valence-electron chi connectivity index (χ1n) is 34.6. The zero-order valence-corrected chi connectivity index (χ0v) is 58.4. The zero-order chi connectivity index (χ0) is 70.1. The molecule has 2 aliphatic rings. The Balaban J connectivity index is 0.000000143. The number of rotatable bonds is 17. The summed E-state index contributed by atoms with van der Waals surface area (Å²) in [5.74, 6) is 0. The molecule has 2 aliphatic carbocycles. The first-order chi connectivity index (χ1) is 49.9. The number of benzene rings is 9. The fourth-order valence-electron chi connectivity index (χ4n) is 15.0. The number of nitrogens with two attached hydrogens (primary N) is 1. The molecule has 0 bridgehead atoms. The van der Waals surface area contributed by atoms with Crippen LogP contribution in [0.5, 0.6) is 0 Å². The molecule has 3 N–H and O–H groups in total. The summed E-state index contributed by atoms with van der Waals surface area (Å²) in [6, 6.07) is 102. The number of aromatic nitrogens is 8. The monoisotopic (exact) mass is 1360 g/mol. The minimum absolute atomic E-state index is 0.0146. The van der Waals surface area contributed by atoms with Crippen molar-refractivity contribution in [1.29, 1.82) is 15.8 Å². The Morgan fingerprint density at radius 3 is 0.990 bits per heavy atom. The van der Waals surface area contributed by atoms with Crippen molar-refractivity contribution >= 4 is 5.23 Å². The molecule has 0 atom stereocenters. The normalized spacial score (nSPS) is 13.7. The van der Waals surface area contributed by atoms with Crippen molar-refractivity contribution in [1.82, 2.24) is 38.6 Å². The van der Waals surface area contributed by atoms with Crippen molar-refractivity contribution < 1.29 is 17.0 Å². The Hall–Kier alpha value is -11.3. The van der Waals surface area contributed by atoms with E-state index in [1.165, 1.54) is 42.4 Å². The van der Waals surface area contributed by atoms with Gasteiger partial charge in [-0.05, 0) is 75.8 Å². The number of hydrogen-bond donors (Lipinski definition) is 2. The quantitative estimate of drug-likeness (QED) is 0.0845. The van der Waals surface area contributed by atoms with Crippen LogP contribution in [-0.4, -0.2) is 50.4 Å². The molecule has 12 nitrogen and oxygen atoms in total. The molecule has 2 fully saturated rings. The van der Waals surface area contributed by atoms with Gasteiger partial charge in [0.2, 0.25) is 0 Å². The minimum atomic E-state index is -0.583. The van der Waals surface area contributed by atoms with E-state index in [9.17, 15) is 5.26 Å². The molecule has 0 radical (unpaired) electrons. The predicted octanol–water partition coefficient (Wildman–Crippen LogP) is 17.6. The van der Waals surface area contributed by atoms with Crippen LogP contribution in [0.4, 0.5) is 0 Å². The van der Waals surface area contributed by atoms with Crippen molar-refractivity contribution in [3.05, 3.63) is 396 Å². The number of nitriles is 3. The Bertz CT molecular complexity index is 4410. The first kappa shape index (κ1) is 71.0. The average molecular weight is 1360 g/mol. The van der Waals surface area contributed by atoms with Crippen molar-refractivity contribution in [3.63, 3.8) is 0 Å². The zero-order valence-electron chi connectivity index (χ0n) is 57.0. The molecular formula is C88H84N12V. The van der Waals surface area contributed by atoms with Gasteiger partial charge in [0.1, 0.15) is 22.0 Å². The van der Waals surface area contributed by atoms with E-state index in [2.05, 4.69) is 330 Å². The van der Waals surface area contributed by atoms with E-state index in [0.717, 1.165) is 94.7 Å². The molecular weight excluding hydrogens is 1280 g/mol. The topological polar surface area (TPSA) is 180 Å². The molecule has 9 aromatic carbocycles. The number of nitrogens with one attached hydrogen (secondary N) is 1. The SMILES string of the molecule is N#CC1(c2cn(C(c3ccccc3)(c3ccccc3)c3ccccc3)cn2)CCCCC1.N#CCc1cn(C(c2ccccc2)(c2ccccc2)c2ccccc2)cn1.N#CCc1cnc[nH]1.NCC1(c2cn(C(c3ccccc3)(c3ccccc3)c3ccccc3)cn2)CCCCC1.[CH2]=[V]. The molecule has 13 aromatic rings. The second-order valence-corrected chi connectivity index (χ2v) is 25.6. The molecule has 0 unspecified atom stereocenters. The van der Waals surface area contributed by atoms with Gasteiger partial charge in [0.25, 0.3) is 0 Å². The number of nitrogens with zero attached hydrogens (tertiary/aromatic N) is 10. The summed E-state index contributed by atoms with van der Waals surface area (Å²) in [6.45, 7) is 0.652. The van der Waals surface area contributed by atoms with E-state index in [1.54, 1.807) is 12.5 Å². The van der Waals surface area contributed by atoms with Gasteiger partial charge in [-0.3, -0.25) is 0 Å². The van der Waals surface area contributed by atoms with Crippen LogP contribution >= 0.6 is 0 Å². The van der Waals surface area contributed by atoms with Crippen molar-refractivity contribution in [2.45, 2.75) is 104 Å². The van der Waals surface area contributed by atoms with Crippen molar-refractivity contribution in [3.8, 4) is 18.2 Å². The van der Waals surface area contributed by atoms with Crippen LogP contribution in [0.25, 0.3) is 0 Å². The van der Waals surface area contributed by atoms with Gasteiger partial charge in [-0.25, -0.2) is 19.9 Å². The Kier molecular flexibility index (Phi) is 24.2. The van der Waals surface area contributed by atoms with Gasteiger partial charge in [0.05, 0.1) is 73.4 Å². The van der Waals surface area contributed by atoms with Crippen molar-refractivity contribution in [2.75, 3.05) is 6.54 Å². The Morgan fingerprint density at radius 2 is 0.693 bits per heavy atom. The molecule has 15 rings (SSSR count). The molecule has 0 aliphatic heterocycles. The fraction of sp³-hybridized carbons (Fsp3) is 0.205. The van der Waals surface area contributed by atoms with E-state index < -0.39 is 22.0 Å². The van der Waals surface area contributed by atoms with E-state index in [4.69, 9.17) is 26.2 Å². The third kappa shape index (κ3) is 15.0. The summed E-state index contributed by atoms with van der Waals surface area (Å²) in [5, 5.41) is 30.6. The summed E-state index contributed by atoms with van der Waals surface area (Å²) < 4.78 is 6.66. The second kappa shape index (κ2) is 34.5. The van der Waals surface area contributed by atoms with Crippen LogP contribution in [0.2, 0.25) is 0 Å². The van der Waals surface area contributed by atoms with Gasteiger partial charge in [0.15, 0.2) is 0 Å². The summed E-state index contributed by atoms with van der Waals surface area (Å²) in [5.41, 5.74) is 18.4. The van der Waals surface area contributed by atoms with Crippen LogP contribution in [0.3, 0.4) is 0 Å². The molecule has 0 saturated heterocycles. The molecule has 0 spiro atoms. The van der Waals surface area contributed by atoms with Gasteiger partial charge in [-0.1, -0.05) is 312 Å². The average Bonchev–Trinajstić information content (AvgIpc) is 1.74. The Labute approximate surface area is 603 Å². The van der Waals surface area contributed by atoms with Gasteiger partial charge in [-0.15, -0.1) is 0 Å². The fourth-order valence-corrected chi connectivity index (χ4v) is 15.0. The molecule has 101 heavy (non-hydrogen) atoms. The summed E-state index contributed by atoms with van der Waals surface area (Å²) in [7, 11) is 0. The molecule has 13 heteroatoms. The molecule has 4 heterocycles. The van der Waals surface area contributed by atoms with Crippen LogP contribution in [-0.2, 0) is 57.3 Å². The van der Waals surface area contributed by atoms with Gasteiger partial charge in [0, 0.05) is 42.4 Å². The summed E-state index contributed by atoms with van der Waals surface area (Å²) in [6.07, 6.45) is 27.2. The van der Waals surface area contributed by atoms with Gasteiger partial charge < -0.3 is 24.4 Å². The Morgan fingerprint density at radius 1 is 0.396 bits per heavy atom. The molecule has 501 valence electrons. The number of hydrogen-bond acceptors (Lipinski definition) is 8. The predicted molar refractivity (Wildman–Crippen MR) is 399 cm³/mol. The van der Waals surface area contributed by atoms with Crippen LogP contribution in [0.1, 0.15) is 137 Å². The standard InChI is InChI=1S/C29H31N3.C29H27N3.C24H19N3.C5H5N3.CH2.V/c2*30-22-28(19-11-4-12-20-28)27-21-32(23-31-27)29(24-13-5-1-6-14-24,25-15-7-2-8-16-25)26-17-9-3-10-18-26;25-17-16-23-18-27(19-26-23)24(20-10-4-1-5-11-20,21-12-6-2-7-13-21)22-14-8-3-9-15-22;6-2-1-5-3-7-4-8-5;;/h1-3,5-10,13-18,21,23H,4,11-12,19-20,22,30H2;1-3,5-10,13-18,21,23H,4,11-12,19-20H2;1-15,18-19H,16H2;3-4H,1H2,(H,7,8);1H2;. The molecule has 0 amide bonds. The number of imidazole rings is 4. The van der Waals surface area contributed by atoms with E-state index in [0.29, 0.717) is 19.4 Å². The second-order valence-electron chi connectivity index (χ2n) is 25.6. The third-order valence-electron chi connectivity index (χ3n) is 19.9. The van der Waals surface area contributed by atoms with Crippen LogP contribution in [0, 0.1) is 34.0 Å². The van der Waals surface area contributed by atoms with Crippen molar-refractivity contribution in [2.24, 2.45) is 5.73 Å². The number of aromatic amines is 1. The number of H-pyrrole nitrogens is 1. The summed E-state index contributed by atoms with van der Waals surface area (Å²) in [4.78, 5) is 20.9. The third-order valence-corrected chi connectivity index (χ3v) is 19.9. The summed E-state index contributed by atoms with van der Waals surface area (Å²) >= 11 is 2.06. The van der Waals surface area contributed by atoms with E-state index in [1.807, 2.05) is 49.4 Å². The van der Waals surface area contributed by atoms with Gasteiger partial charge >= 0.3 is 22.2 Å².